The van der Waals surface area contributed by atoms with Crippen LogP contribution < -0.4 is 10.7 Å². The molecule has 3 aliphatic heterocycles. The fourth-order valence-corrected chi connectivity index (χ4v) is 3.26. The van der Waals surface area contributed by atoms with Gasteiger partial charge in [-0.1, -0.05) is 6.08 Å². The van der Waals surface area contributed by atoms with Gasteiger partial charge in [-0.15, -0.1) is 0 Å². The number of hydrogen-bond donors (Lipinski definition) is 2. The zero-order valence-corrected chi connectivity index (χ0v) is 12.3. The van der Waals surface area contributed by atoms with E-state index in [9.17, 15) is 4.79 Å². The van der Waals surface area contributed by atoms with Gasteiger partial charge in [-0.25, -0.2) is 5.43 Å². The molecule has 20 heavy (non-hydrogen) atoms. The van der Waals surface area contributed by atoms with Crippen LogP contribution in [0.5, 0.6) is 0 Å². The van der Waals surface area contributed by atoms with E-state index in [2.05, 4.69) is 46.8 Å². The van der Waals surface area contributed by atoms with E-state index in [1.165, 1.54) is 11.1 Å². The fourth-order valence-electron chi connectivity index (χ4n) is 3.26. The Morgan fingerprint density at radius 3 is 3.00 bits per heavy atom. The average Bonchev–Trinajstić information content (AvgIpc) is 2.37. The normalized spacial score (nSPS) is 29.6. The molecule has 0 aromatic heterocycles. The zero-order valence-electron chi connectivity index (χ0n) is 12.3. The van der Waals surface area contributed by atoms with Gasteiger partial charge < -0.3 is 5.32 Å². The van der Waals surface area contributed by atoms with E-state index in [1.54, 1.807) is 0 Å². The lowest BCUT2D eigenvalue weighted by molar-refractivity contribution is -0.121. The Hall–Kier alpha value is -1.59. The third kappa shape index (κ3) is 2.27. The Kier molecular flexibility index (Phi) is 3.40. The fraction of sp³-hybridized carbons (Fsp3) is 0.533. The molecule has 0 saturated carbocycles. The molecule has 0 spiro atoms. The molecular formula is C15H22N4O. The lowest BCUT2D eigenvalue weighted by Crippen LogP contribution is -2.60. The van der Waals surface area contributed by atoms with Crippen molar-refractivity contribution < 1.29 is 4.79 Å². The number of nitrogens with one attached hydrogen (secondary N) is 2. The molecule has 3 rings (SSSR count). The van der Waals surface area contributed by atoms with Crippen molar-refractivity contribution >= 4 is 5.78 Å². The molecule has 2 N–H and O–H groups in total. The number of piperidine rings is 1. The molecule has 1 fully saturated rings. The van der Waals surface area contributed by atoms with Gasteiger partial charge in [0, 0.05) is 18.7 Å². The smallest absolute Gasteiger partial charge is 0.151 e. The number of hydrogen-bond acceptors (Lipinski definition) is 5. The first kappa shape index (κ1) is 13.4. The summed E-state index contributed by atoms with van der Waals surface area (Å²) in [4.78, 5) is 14.0. The molecule has 0 bridgehead atoms. The van der Waals surface area contributed by atoms with Gasteiger partial charge in [0.15, 0.2) is 5.78 Å². The molecule has 5 heteroatoms. The molecule has 108 valence electrons. The number of ketones is 1. The van der Waals surface area contributed by atoms with Crippen LogP contribution in [-0.4, -0.2) is 47.5 Å². The maximum atomic E-state index is 11.8. The van der Waals surface area contributed by atoms with Crippen molar-refractivity contribution in [2.24, 2.45) is 0 Å². The van der Waals surface area contributed by atoms with Crippen molar-refractivity contribution in [3.05, 3.63) is 35.7 Å². The lowest BCUT2D eigenvalue weighted by atomic mass is 9.85. The van der Waals surface area contributed by atoms with E-state index in [1.807, 2.05) is 19.3 Å². The summed E-state index contributed by atoms with van der Waals surface area (Å²) in [5, 5.41) is 5.50. The summed E-state index contributed by atoms with van der Waals surface area (Å²) in [6, 6.07) is 0.578. The van der Waals surface area contributed by atoms with Crippen LogP contribution in [0.3, 0.4) is 0 Å². The highest BCUT2D eigenvalue weighted by atomic mass is 16.1. The predicted octanol–water partition coefficient (Wildman–Crippen LogP) is 0.741. The van der Waals surface area contributed by atoms with E-state index in [0.29, 0.717) is 19.0 Å². The Labute approximate surface area is 120 Å². The first-order valence-corrected chi connectivity index (χ1v) is 7.16. The molecule has 5 nitrogen and oxygen atoms in total. The minimum atomic E-state index is 0.117. The summed E-state index contributed by atoms with van der Waals surface area (Å²) in [5.41, 5.74) is 5.91. The van der Waals surface area contributed by atoms with Gasteiger partial charge in [-0.05, 0) is 44.3 Å². The van der Waals surface area contributed by atoms with Crippen LogP contribution in [0.25, 0.3) is 0 Å². The molecule has 0 aromatic rings. The van der Waals surface area contributed by atoms with Crippen LogP contribution in [0.15, 0.2) is 35.7 Å². The lowest BCUT2D eigenvalue weighted by Gasteiger charge is -2.47. The van der Waals surface area contributed by atoms with Gasteiger partial charge in [0.05, 0.1) is 12.6 Å². The van der Waals surface area contributed by atoms with Crippen molar-refractivity contribution in [1.29, 1.82) is 0 Å². The Balaban J connectivity index is 1.98. The third-order valence-electron chi connectivity index (χ3n) is 3.88. The van der Waals surface area contributed by atoms with Gasteiger partial charge in [0.1, 0.15) is 6.17 Å². The van der Waals surface area contributed by atoms with E-state index in [-0.39, 0.29) is 18.0 Å². The quantitative estimate of drug-likeness (QED) is 0.778. The van der Waals surface area contributed by atoms with Gasteiger partial charge >= 0.3 is 0 Å². The maximum absolute atomic E-state index is 11.8. The predicted molar refractivity (Wildman–Crippen MR) is 78.4 cm³/mol. The molecule has 1 saturated heterocycles. The van der Waals surface area contributed by atoms with Crippen LogP contribution in [0.4, 0.5) is 0 Å². The number of allylic oxidation sites excluding steroid dienone is 2. The Morgan fingerprint density at radius 2 is 2.25 bits per heavy atom. The first-order valence-electron chi connectivity index (χ1n) is 7.16. The number of likely N-dealkylation sites (tertiary alicyclic amines) is 1. The summed E-state index contributed by atoms with van der Waals surface area (Å²) in [6.07, 6.45) is 8.94. The number of nitrogens with zero attached hydrogens (tertiary/aromatic N) is 2. The second kappa shape index (κ2) is 5.07. The van der Waals surface area contributed by atoms with Crippen LogP contribution >= 0.6 is 0 Å². The van der Waals surface area contributed by atoms with E-state index < -0.39 is 0 Å². The Bertz CT molecular complexity index is 506. The number of hydrazine groups is 1. The topological polar surface area (TPSA) is 47.6 Å². The minimum absolute atomic E-state index is 0.117. The molecule has 3 heterocycles. The van der Waals surface area contributed by atoms with Crippen molar-refractivity contribution in [2.45, 2.75) is 38.5 Å². The number of Topliss-reactive ketones (excluding diaryl/α,β-unsaturated/α-hetero) is 1. The highest BCUT2D eigenvalue weighted by Gasteiger charge is 2.40. The summed E-state index contributed by atoms with van der Waals surface area (Å²) < 4.78 is 0. The van der Waals surface area contributed by atoms with E-state index in [4.69, 9.17) is 0 Å². The number of rotatable bonds is 2. The molecule has 0 aromatic carbocycles. The molecular weight excluding hydrogens is 252 g/mol. The third-order valence-corrected chi connectivity index (χ3v) is 3.88. The first-order chi connectivity index (χ1) is 9.56. The number of carbonyl (C=O) groups is 1. The number of dihydropyridines is 1. The van der Waals surface area contributed by atoms with Gasteiger partial charge in [0.2, 0.25) is 0 Å². The highest BCUT2D eigenvalue weighted by molar-refractivity contribution is 5.85. The number of fused-ring (bicyclic) bond motifs is 3. The SMILES string of the molecule is CC(C)NN1C=C2CC(=O)CN(C)C2C2=CC=CNC21. The number of carbonyl (C=O) groups excluding carboxylic acids is 1. The second-order valence-electron chi connectivity index (χ2n) is 6.02. The van der Waals surface area contributed by atoms with Crippen LogP contribution in [-0.2, 0) is 4.79 Å². The largest absolute Gasteiger partial charge is 0.367 e. The van der Waals surface area contributed by atoms with E-state index >= 15 is 0 Å². The molecule has 3 aliphatic rings. The van der Waals surface area contributed by atoms with Crippen molar-refractivity contribution in [3.63, 3.8) is 0 Å². The molecule has 0 radical (unpaired) electrons. The standard InChI is InChI=1S/C15H22N4O/c1-10(2)17-19-8-11-7-12(20)9-18(3)14(11)13-5-4-6-16-15(13)19/h4-6,8,10,14-17H,7,9H2,1-3H3. The van der Waals surface area contributed by atoms with Gasteiger partial charge in [-0.3, -0.25) is 14.7 Å². The Morgan fingerprint density at radius 1 is 1.45 bits per heavy atom. The summed E-state index contributed by atoms with van der Waals surface area (Å²) in [5.74, 6) is 0.290. The molecule has 0 aliphatic carbocycles. The average molecular weight is 274 g/mol. The minimum Gasteiger partial charge on any atom is -0.367 e. The zero-order chi connectivity index (χ0) is 14.3. The molecule has 2 unspecified atom stereocenters. The van der Waals surface area contributed by atoms with Crippen molar-refractivity contribution in [1.82, 2.24) is 20.7 Å². The van der Waals surface area contributed by atoms with Crippen LogP contribution in [0, 0.1) is 0 Å². The van der Waals surface area contributed by atoms with Gasteiger partial charge in [-0.2, -0.15) is 0 Å². The summed E-state index contributed by atoms with van der Waals surface area (Å²) in [6.45, 7) is 4.77. The second-order valence-corrected chi connectivity index (χ2v) is 6.02. The van der Waals surface area contributed by atoms with Crippen molar-refractivity contribution in [3.8, 4) is 0 Å². The van der Waals surface area contributed by atoms with Crippen LogP contribution in [0.2, 0.25) is 0 Å². The molecule has 2 atom stereocenters. The van der Waals surface area contributed by atoms with Gasteiger partial charge in [0.25, 0.3) is 0 Å². The summed E-state index contributed by atoms with van der Waals surface area (Å²) >= 11 is 0. The van der Waals surface area contributed by atoms with Crippen molar-refractivity contribution in [2.75, 3.05) is 13.6 Å². The highest BCUT2D eigenvalue weighted by Crippen LogP contribution is 2.33. The van der Waals surface area contributed by atoms with E-state index in [0.717, 1.165) is 0 Å². The molecule has 0 amide bonds. The maximum Gasteiger partial charge on any atom is 0.151 e. The summed E-state index contributed by atoms with van der Waals surface area (Å²) in [7, 11) is 2.03. The number of likely N-dealkylation sites (N-methyl/N-ethyl adjacent to an activating group) is 1. The monoisotopic (exact) mass is 274 g/mol. The van der Waals surface area contributed by atoms with Crippen LogP contribution in [0.1, 0.15) is 20.3 Å².